The van der Waals surface area contributed by atoms with Gasteiger partial charge in [0.1, 0.15) is 17.3 Å². The van der Waals surface area contributed by atoms with Crippen molar-refractivity contribution in [3.05, 3.63) is 46.7 Å². The maximum absolute atomic E-state index is 13.8. The first-order valence-electron chi connectivity index (χ1n) is 6.70. The fourth-order valence-corrected chi connectivity index (χ4v) is 2.43. The second-order valence-corrected chi connectivity index (χ2v) is 5.56. The quantitative estimate of drug-likeness (QED) is 0.784. The lowest BCUT2D eigenvalue weighted by molar-refractivity contribution is 0.396. The third kappa shape index (κ3) is 4.24. The van der Waals surface area contributed by atoms with E-state index in [2.05, 4.69) is 10.6 Å². The molecule has 0 aliphatic carbocycles. The topological polar surface area (TPSA) is 42.5 Å². The number of anilines is 2. The fourth-order valence-electron chi connectivity index (χ4n) is 1.97. The maximum atomic E-state index is 13.8. The molecule has 0 radical (unpaired) electrons. The predicted molar refractivity (Wildman–Crippen MR) is 95.5 cm³/mol. The molecule has 122 valence electrons. The van der Waals surface area contributed by atoms with Crippen LogP contribution in [0.25, 0.3) is 0 Å². The Labute approximate surface area is 144 Å². The van der Waals surface area contributed by atoms with Crippen molar-refractivity contribution in [1.82, 2.24) is 0 Å². The lowest BCUT2D eigenvalue weighted by Gasteiger charge is -2.15. The van der Waals surface area contributed by atoms with E-state index in [1.54, 1.807) is 24.3 Å². The number of halogens is 2. The number of aryl methyl sites for hydroxylation is 1. The van der Waals surface area contributed by atoms with E-state index >= 15 is 0 Å². The number of rotatable bonds is 4. The average molecular weight is 355 g/mol. The van der Waals surface area contributed by atoms with E-state index in [0.29, 0.717) is 27.9 Å². The molecule has 0 aliphatic rings. The molecule has 0 atom stereocenters. The van der Waals surface area contributed by atoms with Crippen LogP contribution >= 0.6 is 23.8 Å². The molecule has 0 aliphatic heterocycles. The van der Waals surface area contributed by atoms with E-state index in [-0.39, 0.29) is 10.9 Å². The smallest absolute Gasteiger partial charge is 0.175 e. The van der Waals surface area contributed by atoms with Gasteiger partial charge in [-0.1, -0.05) is 17.7 Å². The highest BCUT2D eigenvalue weighted by Gasteiger charge is 2.12. The van der Waals surface area contributed by atoms with Crippen molar-refractivity contribution in [2.45, 2.75) is 6.92 Å². The molecule has 0 amide bonds. The van der Waals surface area contributed by atoms with E-state index in [0.717, 1.165) is 5.56 Å². The summed E-state index contributed by atoms with van der Waals surface area (Å²) in [4.78, 5) is 0. The SMILES string of the molecule is COc1cc(OC)c(NC(=S)Nc2cc(C)ccc2F)cc1Cl. The fraction of sp³-hybridized carbons (Fsp3) is 0.188. The lowest BCUT2D eigenvalue weighted by Crippen LogP contribution is -2.20. The summed E-state index contributed by atoms with van der Waals surface area (Å²) in [6.07, 6.45) is 0. The summed E-state index contributed by atoms with van der Waals surface area (Å²) in [6, 6.07) is 8.00. The molecule has 2 aromatic carbocycles. The van der Waals surface area contributed by atoms with Crippen LogP contribution in [0, 0.1) is 12.7 Å². The summed E-state index contributed by atoms with van der Waals surface area (Å²) >= 11 is 11.3. The minimum absolute atomic E-state index is 0.217. The molecule has 2 aromatic rings. The molecule has 7 heteroatoms. The Morgan fingerprint density at radius 3 is 2.35 bits per heavy atom. The van der Waals surface area contributed by atoms with Crippen molar-refractivity contribution >= 4 is 40.3 Å². The molecule has 0 saturated heterocycles. The molecule has 23 heavy (non-hydrogen) atoms. The van der Waals surface area contributed by atoms with E-state index in [4.69, 9.17) is 33.3 Å². The van der Waals surface area contributed by atoms with Gasteiger partial charge in [-0.3, -0.25) is 0 Å². The van der Waals surface area contributed by atoms with Crippen molar-refractivity contribution in [2.75, 3.05) is 24.9 Å². The molecular formula is C16H16ClFN2O2S. The van der Waals surface area contributed by atoms with Gasteiger partial charge in [-0.2, -0.15) is 0 Å². The van der Waals surface area contributed by atoms with Crippen molar-refractivity contribution in [3.8, 4) is 11.5 Å². The van der Waals surface area contributed by atoms with Gasteiger partial charge >= 0.3 is 0 Å². The summed E-state index contributed by atoms with van der Waals surface area (Å²) in [5.41, 5.74) is 1.76. The first-order chi connectivity index (χ1) is 10.9. The molecule has 0 bridgehead atoms. The number of methoxy groups -OCH3 is 2. The second kappa shape index (κ2) is 7.48. The van der Waals surface area contributed by atoms with Gasteiger partial charge < -0.3 is 20.1 Å². The maximum Gasteiger partial charge on any atom is 0.175 e. The van der Waals surface area contributed by atoms with Crippen LogP contribution in [-0.2, 0) is 0 Å². The monoisotopic (exact) mass is 354 g/mol. The third-order valence-electron chi connectivity index (χ3n) is 3.09. The van der Waals surface area contributed by atoms with Crippen LogP contribution in [0.4, 0.5) is 15.8 Å². The summed E-state index contributed by atoms with van der Waals surface area (Å²) < 4.78 is 24.2. The molecule has 0 spiro atoms. The average Bonchev–Trinajstić information content (AvgIpc) is 2.51. The highest BCUT2D eigenvalue weighted by molar-refractivity contribution is 7.80. The minimum atomic E-state index is -0.389. The predicted octanol–water partition coefficient (Wildman–Crippen LogP) is 4.61. The van der Waals surface area contributed by atoms with Crippen LogP contribution < -0.4 is 20.1 Å². The van der Waals surface area contributed by atoms with E-state index in [9.17, 15) is 4.39 Å². The van der Waals surface area contributed by atoms with Crippen LogP contribution in [0.3, 0.4) is 0 Å². The number of hydrogen-bond acceptors (Lipinski definition) is 3. The zero-order chi connectivity index (χ0) is 17.0. The Bertz CT molecular complexity index is 740. The van der Waals surface area contributed by atoms with Crippen molar-refractivity contribution < 1.29 is 13.9 Å². The highest BCUT2D eigenvalue weighted by atomic mass is 35.5. The number of nitrogens with one attached hydrogen (secondary N) is 2. The summed E-state index contributed by atoms with van der Waals surface area (Å²) in [7, 11) is 3.03. The number of hydrogen-bond donors (Lipinski definition) is 2. The minimum Gasteiger partial charge on any atom is -0.495 e. The number of ether oxygens (including phenoxy) is 2. The summed E-state index contributed by atoms with van der Waals surface area (Å²) in [5, 5.41) is 6.37. The summed E-state index contributed by atoms with van der Waals surface area (Å²) in [5.74, 6) is 0.595. The van der Waals surface area contributed by atoms with E-state index in [1.165, 1.54) is 20.3 Å². The van der Waals surface area contributed by atoms with Crippen molar-refractivity contribution in [2.24, 2.45) is 0 Å². The van der Waals surface area contributed by atoms with Gasteiger partial charge in [-0.05, 0) is 42.9 Å². The van der Waals surface area contributed by atoms with Crippen molar-refractivity contribution in [1.29, 1.82) is 0 Å². The van der Waals surface area contributed by atoms with Crippen LogP contribution in [0.2, 0.25) is 5.02 Å². The van der Waals surface area contributed by atoms with Gasteiger partial charge in [0.15, 0.2) is 5.11 Å². The zero-order valence-corrected chi connectivity index (χ0v) is 14.4. The van der Waals surface area contributed by atoms with Crippen LogP contribution in [0.5, 0.6) is 11.5 Å². The Morgan fingerprint density at radius 1 is 1.04 bits per heavy atom. The normalized spacial score (nSPS) is 10.1. The van der Waals surface area contributed by atoms with Gasteiger partial charge in [-0.25, -0.2) is 4.39 Å². The highest BCUT2D eigenvalue weighted by Crippen LogP contribution is 2.36. The molecular weight excluding hydrogens is 339 g/mol. The first kappa shape index (κ1) is 17.3. The molecule has 0 saturated carbocycles. The molecule has 2 rings (SSSR count). The van der Waals surface area contributed by atoms with E-state index < -0.39 is 0 Å². The van der Waals surface area contributed by atoms with Gasteiger partial charge in [0.05, 0.1) is 30.6 Å². The van der Waals surface area contributed by atoms with Gasteiger partial charge in [-0.15, -0.1) is 0 Å². The molecule has 0 fully saturated rings. The van der Waals surface area contributed by atoms with Gasteiger partial charge in [0.25, 0.3) is 0 Å². The first-order valence-corrected chi connectivity index (χ1v) is 7.49. The second-order valence-electron chi connectivity index (χ2n) is 4.75. The van der Waals surface area contributed by atoms with Gasteiger partial charge in [0.2, 0.25) is 0 Å². The van der Waals surface area contributed by atoms with E-state index in [1.807, 2.05) is 6.92 Å². The Balaban J connectivity index is 2.20. The molecule has 0 aromatic heterocycles. The largest absolute Gasteiger partial charge is 0.495 e. The van der Waals surface area contributed by atoms with Crippen LogP contribution in [0.1, 0.15) is 5.56 Å². The third-order valence-corrected chi connectivity index (χ3v) is 3.59. The van der Waals surface area contributed by atoms with Crippen molar-refractivity contribution in [3.63, 3.8) is 0 Å². The number of benzene rings is 2. The van der Waals surface area contributed by atoms with Crippen LogP contribution in [0.15, 0.2) is 30.3 Å². The van der Waals surface area contributed by atoms with Gasteiger partial charge in [0, 0.05) is 6.07 Å². The standard InChI is InChI=1S/C16H16ClFN2O2S/c1-9-4-5-11(18)12(6-9)19-16(23)20-13-7-10(17)14(21-2)8-15(13)22-3/h4-8H,1-3H3,(H2,19,20,23). The summed E-state index contributed by atoms with van der Waals surface area (Å²) in [6.45, 7) is 1.87. The molecule has 2 N–H and O–H groups in total. The Morgan fingerprint density at radius 2 is 1.70 bits per heavy atom. The Kier molecular flexibility index (Phi) is 5.63. The number of thiocarbonyl (C=S) groups is 1. The Hall–Kier alpha value is -2.05. The van der Waals surface area contributed by atoms with Crippen LogP contribution in [-0.4, -0.2) is 19.3 Å². The molecule has 0 heterocycles. The molecule has 4 nitrogen and oxygen atoms in total. The zero-order valence-electron chi connectivity index (χ0n) is 12.9. The molecule has 0 unspecified atom stereocenters. The lowest BCUT2D eigenvalue weighted by atomic mass is 10.2.